The number of carbonyl (C=O) groups excluding carboxylic acids is 1. The maximum Gasteiger partial charge on any atom is 0.371 e. The molecule has 0 aliphatic carbocycles. The van der Waals surface area contributed by atoms with Crippen LogP contribution in [0.4, 0.5) is 0 Å². The number of hydrogen-bond donors (Lipinski definition) is 2. The molecular weight excluding hydrogens is 338 g/mol. The Labute approximate surface area is 129 Å². The molecule has 108 valence electrons. The van der Waals surface area contributed by atoms with E-state index < -0.39 is 5.97 Å². The molecule has 0 aliphatic heterocycles. The Morgan fingerprint density at radius 2 is 2.10 bits per heavy atom. The van der Waals surface area contributed by atoms with Crippen LogP contribution in [-0.4, -0.2) is 17.0 Å². The molecule has 1 heterocycles. The summed E-state index contributed by atoms with van der Waals surface area (Å²) in [4.78, 5) is 22.3. The molecule has 2 N–H and O–H groups in total. The van der Waals surface area contributed by atoms with Crippen LogP contribution in [0.3, 0.4) is 0 Å². The minimum atomic E-state index is -1.14. The van der Waals surface area contributed by atoms with Crippen LogP contribution in [0.15, 0.2) is 51.4 Å². The van der Waals surface area contributed by atoms with E-state index in [4.69, 9.17) is 9.52 Å². The second-order valence-corrected chi connectivity index (χ2v) is 5.09. The highest BCUT2D eigenvalue weighted by Crippen LogP contribution is 2.12. The van der Waals surface area contributed by atoms with Gasteiger partial charge in [-0.3, -0.25) is 4.79 Å². The molecule has 5 nitrogen and oxygen atoms in total. The van der Waals surface area contributed by atoms with Gasteiger partial charge in [0.15, 0.2) is 0 Å². The van der Waals surface area contributed by atoms with Gasteiger partial charge < -0.3 is 14.8 Å². The molecule has 0 saturated heterocycles. The van der Waals surface area contributed by atoms with Crippen LogP contribution in [0.5, 0.6) is 0 Å². The minimum absolute atomic E-state index is 0.134. The van der Waals surface area contributed by atoms with Crippen LogP contribution in [0.2, 0.25) is 0 Å². The molecular formula is C15H12BrNO4. The summed E-state index contributed by atoms with van der Waals surface area (Å²) < 4.78 is 5.96. The predicted molar refractivity (Wildman–Crippen MR) is 80.7 cm³/mol. The summed E-state index contributed by atoms with van der Waals surface area (Å²) in [6.45, 7) is 0.134. The number of aromatic carboxylic acids is 1. The third-order valence-corrected chi connectivity index (χ3v) is 3.08. The summed E-state index contributed by atoms with van der Waals surface area (Å²) in [5.41, 5.74) is 0.894. The Hall–Kier alpha value is -2.34. The quantitative estimate of drug-likeness (QED) is 0.813. The van der Waals surface area contributed by atoms with Gasteiger partial charge in [-0.1, -0.05) is 28.1 Å². The van der Waals surface area contributed by atoms with Crippen molar-refractivity contribution in [3.05, 3.63) is 64.0 Å². The number of nitrogens with one attached hydrogen (secondary N) is 1. The fourth-order valence-corrected chi connectivity index (χ4v) is 2.02. The van der Waals surface area contributed by atoms with Crippen molar-refractivity contribution in [2.45, 2.75) is 6.54 Å². The first-order valence-corrected chi connectivity index (χ1v) is 6.87. The second kappa shape index (κ2) is 6.90. The Kier molecular flexibility index (Phi) is 4.94. The molecule has 0 bridgehead atoms. The SMILES string of the molecule is O=C(/C=C/c1cccc(Br)c1)NCc1ccc(C(=O)O)o1. The fraction of sp³-hybridized carbons (Fsp3) is 0.0667. The van der Waals surface area contributed by atoms with Crippen LogP contribution < -0.4 is 5.32 Å². The highest BCUT2D eigenvalue weighted by atomic mass is 79.9. The number of carboxylic acid groups (broad SMARTS) is 1. The van der Waals surface area contributed by atoms with Crippen LogP contribution >= 0.6 is 15.9 Å². The van der Waals surface area contributed by atoms with Gasteiger partial charge in [-0.2, -0.15) is 0 Å². The number of carboxylic acids is 1. The van der Waals surface area contributed by atoms with E-state index in [1.54, 1.807) is 6.08 Å². The van der Waals surface area contributed by atoms with E-state index in [0.29, 0.717) is 5.76 Å². The Bertz CT molecular complexity index is 690. The molecule has 1 aromatic heterocycles. The predicted octanol–water partition coefficient (Wildman–Crippen LogP) is 3.07. The molecule has 0 aliphatic rings. The highest BCUT2D eigenvalue weighted by Gasteiger charge is 2.08. The molecule has 2 rings (SSSR count). The maximum absolute atomic E-state index is 11.6. The average Bonchev–Trinajstić information content (AvgIpc) is 2.92. The van der Waals surface area contributed by atoms with Gasteiger partial charge in [-0.05, 0) is 35.9 Å². The lowest BCUT2D eigenvalue weighted by Crippen LogP contribution is -2.19. The van der Waals surface area contributed by atoms with Gasteiger partial charge in [0.2, 0.25) is 11.7 Å². The molecule has 6 heteroatoms. The average molecular weight is 350 g/mol. The zero-order valence-electron chi connectivity index (χ0n) is 10.9. The van der Waals surface area contributed by atoms with Crippen LogP contribution in [0.1, 0.15) is 21.9 Å². The van der Waals surface area contributed by atoms with Crippen molar-refractivity contribution in [1.29, 1.82) is 0 Å². The first kappa shape index (κ1) is 15.1. The van der Waals surface area contributed by atoms with Gasteiger partial charge in [0.25, 0.3) is 0 Å². The summed E-state index contributed by atoms with van der Waals surface area (Å²) in [5, 5.41) is 11.3. The lowest BCUT2D eigenvalue weighted by molar-refractivity contribution is -0.116. The molecule has 0 spiro atoms. The van der Waals surface area contributed by atoms with Crippen molar-refractivity contribution in [3.8, 4) is 0 Å². The topological polar surface area (TPSA) is 79.5 Å². The van der Waals surface area contributed by atoms with Gasteiger partial charge >= 0.3 is 5.97 Å². The summed E-state index contributed by atoms with van der Waals surface area (Å²) >= 11 is 3.35. The van der Waals surface area contributed by atoms with Gasteiger partial charge in [-0.15, -0.1) is 0 Å². The van der Waals surface area contributed by atoms with Gasteiger partial charge in [-0.25, -0.2) is 4.79 Å². The van der Waals surface area contributed by atoms with Crippen molar-refractivity contribution in [2.75, 3.05) is 0 Å². The van der Waals surface area contributed by atoms with E-state index in [0.717, 1.165) is 10.0 Å². The number of halogens is 1. The molecule has 0 atom stereocenters. The Morgan fingerprint density at radius 3 is 2.76 bits per heavy atom. The lowest BCUT2D eigenvalue weighted by atomic mass is 10.2. The number of furan rings is 1. The van der Waals surface area contributed by atoms with E-state index in [2.05, 4.69) is 21.2 Å². The lowest BCUT2D eigenvalue weighted by Gasteiger charge is -1.99. The van der Waals surface area contributed by atoms with E-state index >= 15 is 0 Å². The number of rotatable bonds is 5. The second-order valence-electron chi connectivity index (χ2n) is 4.18. The van der Waals surface area contributed by atoms with Crippen molar-refractivity contribution in [3.63, 3.8) is 0 Å². The van der Waals surface area contributed by atoms with Gasteiger partial charge in [0, 0.05) is 10.5 Å². The van der Waals surface area contributed by atoms with Crippen molar-refractivity contribution in [1.82, 2.24) is 5.32 Å². The molecule has 21 heavy (non-hydrogen) atoms. The third-order valence-electron chi connectivity index (χ3n) is 2.59. The van der Waals surface area contributed by atoms with E-state index in [1.165, 1.54) is 18.2 Å². The Balaban J connectivity index is 1.88. The number of carbonyl (C=O) groups is 2. The van der Waals surface area contributed by atoms with E-state index in [-0.39, 0.29) is 18.2 Å². The van der Waals surface area contributed by atoms with Crippen LogP contribution in [0, 0.1) is 0 Å². The summed E-state index contributed by atoms with van der Waals surface area (Å²) in [6.07, 6.45) is 3.09. The Morgan fingerprint density at radius 1 is 1.29 bits per heavy atom. The van der Waals surface area contributed by atoms with Gasteiger partial charge in [0.05, 0.1) is 6.54 Å². The molecule has 0 fully saturated rings. The van der Waals surface area contributed by atoms with Crippen LogP contribution in [-0.2, 0) is 11.3 Å². The monoisotopic (exact) mass is 349 g/mol. The standard InChI is InChI=1S/C15H12BrNO4/c16-11-3-1-2-10(8-11)4-7-14(18)17-9-12-5-6-13(21-12)15(19)20/h1-8H,9H2,(H,17,18)(H,19,20)/b7-4+. The molecule has 0 unspecified atom stereocenters. The van der Waals surface area contributed by atoms with Crippen molar-refractivity contribution in [2.24, 2.45) is 0 Å². The fourth-order valence-electron chi connectivity index (χ4n) is 1.60. The van der Waals surface area contributed by atoms with Gasteiger partial charge in [0.1, 0.15) is 5.76 Å². The number of amides is 1. The molecule has 1 aromatic carbocycles. The molecule has 2 aromatic rings. The first-order valence-electron chi connectivity index (χ1n) is 6.08. The molecule has 0 saturated carbocycles. The van der Waals surface area contributed by atoms with E-state index in [9.17, 15) is 9.59 Å². The smallest absolute Gasteiger partial charge is 0.371 e. The molecule has 0 radical (unpaired) electrons. The third kappa shape index (κ3) is 4.61. The maximum atomic E-state index is 11.6. The van der Waals surface area contributed by atoms with Crippen molar-refractivity contribution < 1.29 is 19.1 Å². The summed E-state index contributed by atoms with van der Waals surface area (Å²) in [5.74, 6) is -1.19. The normalized spacial score (nSPS) is 10.7. The van der Waals surface area contributed by atoms with Crippen LogP contribution in [0.25, 0.3) is 6.08 Å². The largest absolute Gasteiger partial charge is 0.475 e. The summed E-state index contributed by atoms with van der Waals surface area (Å²) in [7, 11) is 0. The molecule has 1 amide bonds. The first-order chi connectivity index (χ1) is 10.0. The number of hydrogen-bond acceptors (Lipinski definition) is 3. The number of benzene rings is 1. The minimum Gasteiger partial charge on any atom is -0.475 e. The highest BCUT2D eigenvalue weighted by molar-refractivity contribution is 9.10. The summed E-state index contributed by atoms with van der Waals surface area (Å²) in [6, 6.07) is 10.4. The van der Waals surface area contributed by atoms with E-state index in [1.807, 2.05) is 24.3 Å². The zero-order valence-corrected chi connectivity index (χ0v) is 12.5. The zero-order chi connectivity index (χ0) is 15.2. The van der Waals surface area contributed by atoms with Crippen molar-refractivity contribution >= 4 is 33.9 Å².